The summed E-state index contributed by atoms with van der Waals surface area (Å²) < 4.78 is 12.8. The Kier molecular flexibility index (Phi) is 4.62. The van der Waals surface area contributed by atoms with Crippen molar-refractivity contribution in [2.75, 3.05) is 6.79 Å². The predicted molar refractivity (Wildman–Crippen MR) is 117 cm³/mol. The molecule has 0 atom stereocenters. The maximum Gasteiger partial charge on any atom is 0.339 e. The van der Waals surface area contributed by atoms with E-state index in [1.165, 1.54) is 4.88 Å². The minimum Gasteiger partial charge on any atom is -0.478 e. The van der Waals surface area contributed by atoms with Gasteiger partial charge in [-0.3, -0.25) is 4.99 Å². The molecule has 0 fully saturated rings. The normalized spacial score (nSPS) is 15.0. The van der Waals surface area contributed by atoms with Gasteiger partial charge in [0.1, 0.15) is 5.00 Å². The second-order valence-electron chi connectivity index (χ2n) is 7.65. The van der Waals surface area contributed by atoms with Gasteiger partial charge in [-0.05, 0) is 63.3 Å². The fourth-order valence-corrected chi connectivity index (χ4v) is 5.76. The molecule has 0 spiro atoms. The second-order valence-corrected chi connectivity index (χ2v) is 8.74. The zero-order valence-electron chi connectivity index (χ0n) is 16.9. The van der Waals surface area contributed by atoms with E-state index < -0.39 is 5.97 Å². The number of nitrogens with zero attached hydrogens (tertiary/aromatic N) is 2. The molecule has 30 heavy (non-hydrogen) atoms. The first-order chi connectivity index (χ1) is 14.5. The van der Waals surface area contributed by atoms with Crippen LogP contribution in [0.15, 0.2) is 29.3 Å². The van der Waals surface area contributed by atoms with Gasteiger partial charge >= 0.3 is 5.97 Å². The summed E-state index contributed by atoms with van der Waals surface area (Å²) in [4.78, 5) is 17.9. The number of aromatic nitrogens is 1. The number of thiophene rings is 1. The van der Waals surface area contributed by atoms with Gasteiger partial charge in [0.05, 0.1) is 11.3 Å². The van der Waals surface area contributed by atoms with Crippen LogP contribution in [0.4, 0.5) is 5.69 Å². The van der Waals surface area contributed by atoms with E-state index in [1.54, 1.807) is 11.3 Å². The average molecular weight is 423 g/mol. The van der Waals surface area contributed by atoms with Crippen molar-refractivity contribution in [2.24, 2.45) is 4.99 Å². The molecule has 1 aliphatic carbocycles. The van der Waals surface area contributed by atoms with E-state index in [2.05, 4.69) is 15.6 Å². The Balaban J connectivity index is 1.53. The Hall–Kier alpha value is -3.06. The number of carboxylic acid groups (broad SMARTS) is 1. The number of carboxylic acids is 1. The molecular weight excluding hydrogens is 400 g/mol. The molecule has 0 bridgehead atoms. The molecule has 1 aliphatic heterocycles. The van der Waals surface area contributed by atoms with Crippen LogP contribution in [-0.2, 0) is 12.8 Å². The third kappa shape index (κ3) is 3.10. The molecule has 0 unspecified atom stereocenters. The van der Waals surface area contributed by atoms with Crippen LogP contribution < -0.4 is 9.47 Å². The summed E-state index contributed by atoms with van der Waals surface area (Å²) in [6.07, 6.45) is 5.83. The smallest absolute Gasteiger partial charge is 0.339 e. The van der Waals surface area contributed by atoms with Crippen molar-refractivity contribution in [3.05, 3.63) is 57.2 Å². The highest BCUT2D eigenvalue weighted by atomic mass is 32.1. The standard InChI is InChI=1S/C23H22N2O4S/c1-13-9-15(11-24-16-7-8-18-19(10-16)29-12-28-18)14(2)25(13)22-21(23(26)27)17-5-3-4-6-20(17)30-22/h7-11H,3-6,12H2,1-2H3,(H,26,27). The lowest BCUT2D eigenvalue weighted by molar-refractivity contribution is 0.0696. The van der Waals surface area contributed by atoms with Crippen LogP contribution in [0, 0.1) is 13.8 Å². The number of hydrogen-bond acceptors (Lipinski definition) is 5. The van der Waals surface area contributed by atoms with E-state index in [0.29, 0.717) is 11.3 Å². The fraction of sp³-hybridized carbons (Fsp3) is 0.304. The van der Waals surface area contributed by atoms with Crippen LogP contribution in [0.1, 0.15) is 50.6 Å². The van der Waals surface area contributed by atoms with Crippen molar-refractivity contribution in [2.45, 2.75) is 39.5 Å². The molecule has 2 aromatic heterocycles. The molecule has 154 valence electrons. The minimum absolute atomic E-state index is 0.236. The number of fused-ring (bicyclic) bond motifs is 2. The number of ether oxygens (including phenoxy) is 2. The summed E-state index contributed by atoms with van der Waals surface area (Å²) >= 11 is 1.62. The van der Waals surface area contributed by atoms with Crippen molar-refractivity contribution >= 4 is 29.2 Å². The molecule has 1 aromatic carbocycles. The number of benzene rings is 1. The number of rotatable bonds is 4. The molecule has 6 nitrogen and oxygen atoms in total. The zero-order chi connectivity index (χ0) is 20.8. The van der Waals surface area contributed by atoms with Crippen LogP contribution >= 0.6 is 11.3 Å². The van der Waals surface area contributed by atoms with Crippen molar-refractivity contribution < 1.29 is 19.4 Å². The Morgan fingerprint density at radius 3 is 2.80 bits per heavy atom. The molecule has 7 heteroatoms. The van der Waals surface area contributed by atoms with Gasteiger partial charge in [0.2, 0.25) is 6.79 Å². The lowest BCUT2D eigenvalue weighted by Gasteiger charge is -2.11. The highest BCUT2D eigenvalue weighted by molar-refractivity contribution is 7.15. The zero-order valence-corrected chi connectivity index (χ0v) is 17.7. The highest BCUT2D eigenvalue weighted by Crippen LogP contribution is 2.39. The molecule has 3 heterocycles. The first-order valence-corrected chi connectivity index (χ1v) is 10.9. The number of aromatic carboxylic acids is 1. The van der Waals surface area contributed by atoms with Crippen molar-refractivity contribution in [3.63, 3.8) is 0 Å². The monoisotopic (exact) mass is 422 g/mol. The van der Waals surface area contributed by atoms with E-state index in [9.17, 15) is 9.90 Å². The van der Waals surface area contributed by atoms with E-state index in [4.69, 9.17) is 9.47 Å². The molecule has 5 rings (SSSR count). The number of aryl methyl sites for hydroxylation is 2. The Labute approximate surface area is 178 Å². The van der Waals surface area contributed by atoms with Crippen LogP contribution in [0.25, 0.3) is 5.00 Å². The van der Waals surface area contributed by atoms with Gasteiger partial charge in [0, 0.05) is 34.1 Å². The van der Waals surface area contributed by atoms with Gasteiger partial charge in [-0.25, -0.2) is 4.79 Å². The molecule has 1 N–H and O–H groups in total. The third-order valence-corrected chi connectivity index (χ3v) is 7.03. The van der Waals surface area contributed by atoms with E-state index in [-0.39, 0.29) is 6.79 Å². The maximum atomic E-state index is 12.1. The van der Waals surface area contributed by atoms with Crippen LogP contribution in [0.3, 0.4) is 0 Å². The Morgan fingerprint density at radius 2 is 1.97 bits per heavy atom. The summed E-state index contributed by atoms with van der Waals surface area (Å²) in [5, 5.41) is 10.7. The average Bonchev–Trinajstić information content (AvgIpc) is 3.41. The van der Waals surface area contributed by atoms with Gasteiger partial charge < -0.3 is 19.1 Å². The quantitative estimate of drug-likeness (QED) is 0.586. The van der Waals surface area contributed by atoms with Gasteiger partial charge in [0.15, 0.2) is 11.5 Å². The number of carbonyl (C=O) groups is 1. The Morgan fingerprint density at radius 1 is 1.17 bits per heavy atom. The maximum absolute atomic E-state index is 12.1. The van der Waals surface area contributed by atoms with Crippen molar-refractivity contribution in [1.29, 1.82) is 0 Å². The molecular formula is C23H22N2O4S. The van der Waals surface area contributed by atoms with Gasteiger partial charge in [0.25, 0.3) is 0 Å². The first kappa shape index (κ1) is 18.9. The topological polar surface area (TPSA) is 73.0 Å². The molecule has 0 saturated heterocycles. The molecule has 0 amide bonds. The minimum atomic E-state index is -0.840. The van der Waals surface area contributed by atoms with Crippen LogP contribution in [-0.4, -0.2) is 28.7 Å². The third-order valence-electron chi connectivity index (χ3n) is 5.75. The molecule has 0 radical (unpaired) electrons. The SMILES string of the molecule is Cc1cc(C=Nc2ccc3c(c2)OCO3)c(C)n1-c1sc2c(c1C(=O)O)CCCC2. The van der Waals surface area contributed by atoms with Crippen LogP contribution in [0.2, 0.25) is 0 Å². The number of hydrogen-bond donors (Lipinski definition) is 1. The van der Waals surface area contributed by atoms with E-state index in [0.717, 1.165) is 64.6 Å². The largest absolute Gasteiger partial charge is 0.478 e. The van der Waals surface area contributed by atoms with Gasteiger partial charge in [-0.15, -0.1) is 11.3 Å². The Bertz CT molecular complexity index is 1190. The van der Waals surface area contributed by atoms with Gasteiger partial charge in [-0.1, -0.05) is 0 Å². The predicted octanol–water partition coefficient (Wildman–Crippen LogP) is 5.21. The van der Waals surface area contributed by atoms with E-state index >= 15 is 0 Å². The molecule has 2 aliphatic rings. The summed E-state index contributed by atoms with van der Waals surface area (Å²) in [5.74, 6) is 0.591. The van der Waals surface area contributed by atoms with Crippen molar-refractivity contribution in [1.82, 2.24) is 4.57 Å². The fourth-order valence-electron chi connectivity index (χ4n) is 4.27. The molecule has 3 aromatic rings. The van der Waals surface area contributed by atoms with Gasteiger partial charge in [-0.2, -0.15) is 0 Å². The summed E-state index contributed by atoms with van der Waals surface area (Å²) in [7, 11) is 0. The van der Waals surface area contributed by atoms with Crippen LogP contribution in [0.5, 0.6) is 11.5 Å². The highest BCUT2D eigenvalue weighted by Gasteiger charge is 2.27. The lowest BCUT2D eigenvalue weighted by atomic mass is 9.95. The summed E-state index contributed by atoms with van der Waals surface area (Å²) in [5.41, 5.74) is 5.22. The second kappa shape index (κ2) is 7.32. The summed E-state index contributed by atoms with van der Waals surface area (Å²) in [6, 6.07) is 7.65. The first-order valence-electron chi connectivity index (χ1n) is 10.0. The van der Waals surface area contributed by atoms with E-state index in [1.807, 2.05) is 38.3 Å². The van der Waals surface area contributed by atoms with Crippen molar-refractivity contribution in [3.8, 4) is 16.5 Å². The number of aliphatic imine (C=N–C) groups is 1. The lowest BCUT2D eigenvalue weighted by Crippen LogP contribution is -2.09. The molecule has 0 saturated carbocycles. The summed E-state index contributed by atoms with van der Waals surface area (Å²) in [6.45, 7) is 4.26.